The van der Waals surface area contributed by atoms with Gasteiger partial charge < -0.3 is 24.5 Å². The lowest BCUT2D eigenvalue weighted by Crippen LogP contribution is -2.57. The summed E-state index contributed by atoms with van der Waals surface area (Å²) in [6, 6.07) is -0.676. The van der Waals surface area contributed by atoms with Crippen LogP contribution in [0.25, 0.3) is 0 Å². The van der Waals surface area contributed by atoms with Gasteiger partial charge in [-0.3, -0.25) is 0 Å². The van der Waals surface area contributed by atoms with Crippen LogP contribution in [0.4, 0.5) is 0 Å². The second-order valence-electron chi connectivity index (χ2n) is 5.59. The summed E-state index contributed by atoms with van der Waals surface area (Å²) >= 11 is 0. The highest BCUT2D eigenvalue weighted by atomic mass is 16.7. The van der Waals surface area contributed by atoms with Gasteiger partial charge >= 0.3 is 0 Å². The molecule has 22 heavy (non-hydrogen) atoms. The second kappa shape index (κ2) is 5.43. The van der Waals surface area contributed by atoms with E-state index >= 15 is 0 Å². The third-order valence-corrected chi connectivity index (χ3v) is 4.29. The first-order chi connectivity index (χ1) is 10.7. The Kier molecular flexibility index (Phi) is 3.41. The predicted octanol–water partition coefficient (Wildman–Crippen LogP) is -1.17. The molecule has 2 saturated heterocycles. The minimum atomic E-state index is -0.687. The number of imidazole rings is 1. The Morgan fingerprint density at radius 2 is 2.41 bits per heavy atom. The Hall–Kier alpha value is -1.81. The highest BCUT2D eigenvalue weighted by Gasteiger charge is 2.51. The van der Waals surface area contributed by atoms with Crippen LogP contribution < -0.4 is 5.32 Å². The van der Waals surface area contributed by atoms with E-state index in [4.69, 9.17) is 9.47 Å². The van der Waals surface area contributed by atoms with Crippen LogP contribution in [0.1, 0.15) is 11.9 Å². The number of aryl methyl sites for hydroxylation is 1. The first-order valence-electron chi connectivity index (χ1n) is 7.23. The molecule has 0 aliphatic carbocycles. The maximum absolute atomic E-state index is 10.7. The van der Waals surface area contributed by atoms with Gasteiger partial charge in [-0.2, -0.15) is 5.10 Å². The van der Waals surface area contributed by atoms with Gasteiger partial charge in [-0.05, 0) is 0 Å². The van der Waals surface area contributed by atoms with Gasteiger partial charge in [0.1, 0.15) is 30.6 Å². The Morgan fingerprint density at radius 3 is 3.14 bits per heavy atom. The number of nitrogens with one attached hydrogen (secondary N) is 1. The molecule has 0 spiro atoms. The fourth-order valence-corrected chi connectivity index (χ4v) is 3.08. The summed E-state index contributed by atoms with van der Waals surface area (Å²) in [5.74, 6) is 0.894. The van der Waals surface area contributed by atoms with Crippen molar-refractivity contribution in [2.24, 2.45) is 7.05 Å². The molecule has 0 amide bonds. The van der Waals surface area contributed by atoms with Crippen LogP contribution in [0.5, 0.6) is 0 Å². The normalized spacial score (nSPS) is 34.2. The highest BCUT2D eigenvalue weighted by molar-refractivity contribution is 5.01. The van der Waals surface area contributed by atoms with E-state index in [1.165, 1.54) is 6.33 Å². The number of ether oxygens (including phenoxy) is 2. The number of rotatable bonds is 4. The van der Waals surface area contributed by atoms with E-state index in [1.54, 1.807) is 17.2 Å². The topological polar surface area (TPSA) is 99.3 Å². The summed E-state index contributed by atoms with van der Waals surface area (Å²) in [6.45, 7) is 0.991. The molecule has 2 aromatic rings. The predicted molar refractivity (Wildman–Crippen MR) is 73.5 cm³/mol. The van der Waals surface area contributed by atoms with E-state index in [0.29, 0.717) is 13.2 Å². The van der Waals surface area contributed by atoms with Gasteiger partial charge in [0.15, 0.2) is 6.29 Å². The van der Waals surface area contributed by atoms with Crippen LogP contribution in [-0.2, 0) is 23.1 Å². The van der Waals surface area contributed by atoms with Gasteiger partial charge in [0.05, 0.1) is 25.3 Å². The Balaban J connectivity index is 1.52. The van der Waals surface area contributed by atoms with Crippen LogP contribution in [0.15, 0.2) is 25.0 Å². The molecule has 5 atom stereocenters. The standard InChI is InChI=1S/C13H18N6O3/c1-18-3-2-15-9(18)4-16-10-8-5-21-13(22-8)11(12(10)20)19-7-14-6-17-19/h2-3,6-8,10-13,16,20H,4-5H2,1H3/t8-,10-,11-,12+,13-/m1/s1. The minimum Gasteiger partial charge on any atom is -0.389 e. The van der Waals surface area contributed by atoms with Crippen molar-refractivity contribution < 1.29 is 14.6 Å². The third kappa shape index (κ3) is 2.22. The van der Waals surface area contributed by atoms with E-state index in [1.807, 2.05) is 17.8 Å². The minimum absolute atomic E-state index is 0.181. The van der Waals surface area contributed by atoms with E-state index < -0.39 is 18.4 Å². The molecule has 2 N–H and O–H groups in total. The molecule has 0 aromatic carbocycles. The number of hydrogen-bond acceptors (Lipinski definition) is 7. The zero-order valence-electron chi connectivity index (χ0n) is 12.1. The van der Waals surface area contributed by atoms with Crippen molar-refractivity contribution in [3.63, 3.8) is 0 Å². The molecular weight excluding hydrogens is 288 g/mol. The van der Waals surface area contributed by atoms with Crippen LogP contribution in [-0.4, -0.2) is 60.6 Å². The van der Waals surface area contributed by atoms with Gasteiger partial charge in [0.25, 0.3) is 0 Å². The molecule has 2 fully saturated rings. The number of aromatic nitrogens is 5. The summed E-state index contributed by atoms with van der Waals surface area (Å²) in [5, 5.41) is 18.2. The monoisotopic (exact) mass is 306 g/mol. The van der Waals surface area contributed by atoms with Crippen molar-refractivity contribution in [3.05, 3.63) is 30.9 Å². The average molecular weight is 306 g/mol. The zero-order chi connectivity index (χ0) is 15.1. The third-order valence-electron chi connectivity index (χ3n) is 4.29. The van der Waals surface area contributed by atoms with E-state index in [2.05, 4.69) is 20.4 Å². The molecular formula is C13H18N6O3. The van der Waals surface area contributed by atoms with Crippen molar-refractivity contribution in [2.45, 2.75) is 37.1 Å². The maximum Gasteiger partial charge on any atom is 0.183 e. The largest absolute Gasteiger partial charge is 0.389 e. The van der Waals surface area contributed by atoms with Crippen molar-refractivity contribution in [3.8, 4) is 0 Å². The number of hydrogen-bond donors (Lipinski definition) is 2. The van der Waals surface area contributed by atoms with Gasteiger partial charge in [-0.1, -0.05) is 0 Å². The van der Waals surface area contributed by atoms with E-state index in [-0.39, 0.29) is 12.1 Å². The quantitative estimate of drug-likeness (QED) is 0.734. The second-order valence-corrected chi connectivity index (χ2v) is 5.59. The number of nitrogens with zero attached hydrogens (tertiary/aromatic N) is 5. The lowest BCUT2D eigenvalue weighted by Gasteiger charge is -2.38. The summed E-state index contributed by atoms with van der Waals surface area (Å²) in [6.07, 6.45) is 5.27. The molecule has 2 aliphatic heterocycles. The number of aliphatic hydroxyl groups excluding tert-OH is 1. The maximum atomic E-state index is 10.7. The van der Waals surface area contributed by atoms with E-state index in [9.17, 15) is 5.11 Å². The van der Waals surface area contributed by atoms with E-state index in [0.717, 1.165) is 5.82 Å². The molecule has 0 saturated carbocycles. The van der Waals surface area contributed by atoms with Crippen molar-refractivity contribution in [1.29, 1.82) is 0 Å². The summed E-state index contributed by atoms with van der Waals surface area (Å²) in [4.78, 5) is 8.21. The smallest absolute Gasteiger partial charge is 0.183 e. The summed E-state index contributed by atoms with van der Waals surface area (Å²) in [5.41, 5.74) is 0. The van der Waals surface area contributed by atoms with Gasteiger partial charge in [0, 0.05) is 19.4 Å². The summed E-state index contributed by atoms with van der Waals surface area (Å²) in [7, 11) is 1.94. The van der Waals surface area contributed by atoms with Crippen LogP contribution in [0.3, 0.4) is 0 Å². The molecule has 0 radical (unpaired) electrons. The van der Waals surface area contributed by atoms with Crippen molar-refractivity contribution in [1.82, 2.24) is 29.6 Å². The van der Waals surface area contributed by atoms with Crippen molar-refractivity contribution in [2.75, 3.05) is 6.61 Å². The number of fused-ring (bicyclic) bond motifs is 2. The van der Waals surface area contributed by atoms with Gasteiger partial charge in [-0.15, -0.1) is 0 Å². The average Bonchev–Trinajstić information content (AvgIpc) is 3.22. The Bertz CT molecular complexity index is 630. The number of aliphatic hydroxyl groups is 1. The van der Waals surface area contributed by atoms with Crippen LogP contribution in [0, 0.1) is 0 Å². The highest BCUT2D eigenvalue weighted by Crippen LogP contribution is 2.35. The van der Waals surface area contributed by atoms with Crippen LogP contribution >= 0.6 is 0 Å². The summed E-state index contributed by atoms with van der Waals surface area (Å²) < 4.78 is 15.0. The van der Waals surface area contributed by atoms with Crippen LogP contribution in [0.2, 0.25) is 0 Å². The molecule has 4 rings (SSSR count). The molecule has 0 unspecified atom stereocenters. The first-order valence-corrected chi connectivity index (χ1v) is 7.23. The molecule has 2 aromatic heterocycles. The molecule has 2 bridgehead atoms. The lowest BCUT2D eigenvalue weighted by atomic mass is 9.96. The molecule has 2 aliphatic rings. The Labute approximate surface area is 126 Å². The Morgan fingerprint density at radius 1 is 1.50 bits per heavy atom. The molecule has 4 heterocycles. The first kappa shape index (κ1) is 13.8. The zero-order valence-corrected chi connectivity index (χ0v) is 12.1. The molecule has 118 valence electrons. The lowest BCUT2D eigenvalue weighted by molar-refractivity contribution is -0.168. The molecule has 9 nitrogen and oxygen atoms in total. The SMILES string of the molecule is Cn1ccnc1CN[C@H]1[C@H](O)[C@@H](n2cncn2)[C@@H]2OC[C@H]1O2. The molecule has 9 heteroatoms. The van der Waals surface area contributed by atoms with Gasteiger partial charge in [-0.25, -0.2) is 14.6 Å². The van der Waals surface area contributed by atoms with Gasteiger partial charge in [0.2, 0.25) is 0 Å². The fourth-order valence-electron chi connectivity index (χ4n) is 3.08. The fraction of sp³-hybridized carbons (Fsp3) is 0.615. The van der Waals surface area contributed by atoms with Crippen molar-refractivity contribution >= 4 is 0 Å².